The van der Waals surface area contributed by atoms with Gasteiger partial charge in [-0.15, -0.1) is 22.6 Å². The molecule has 0 aliphatic rings. The molecular weight excluding hydrogens is 152 g/mol. The minimum atomic E-state index is 0. The number of aromatic nitrogens is 3. The number of hydrogen-bond donors (Lipinski definition) is 1. The fraction of sp³-hybridized carbons (Fsp3) is 0.600. The highest BCUT2D eigenvalue weighted by Gasteiger charge is 1.93. The number of nitrogens with zero attached hydrogens (tertiary/aromatic N) is 3. The van der Waals surface area contributed by atoms with E-state index in [1.54, 1.807) is 12.7 Å². The summed E-state index contributed by atoms with van der Waals surface area (Å²) in [6.45, 7) is 2.73. The van der Waals surface area contributed by atoms with E-state index in [1.165, 1.54) is 0 Å². The van der Waals surface area contributed by atoms with E-state index < -0.39 is 0 Å². The van der Waals surface area contributed by atoms with Gasteiger partial charge < -0.3 is 10.3 Å². The summed E-state index contributed by atoms with van der Waals surface area (Å²) in [5.74, 6) is 0. The first-order chi connectivity index (χ1) is 4.29. The van der Waals surface area contributed by atoms with E-state index in [-0.39, 0.29) is 18.4 Å². The maximum absolute atomic E-state index is 5.51. The summed E-state index contributed by atoms with van der Waals surface area (Å²) in [7, 11) is 0. The Bertz CT molecular complexity index is 160. The lowest BCUT2D eigenvalue weighted by atomic mass is 10.4. The zero-order chi connectivity index (χ0) is 6.69. The zero-order valence-electron chi connectivity index (χ0n) is 5.77. The lowest BCUT2D eigenvalue weighted by molar-refractivity contribution is 0.588. The van der Waals surface area contributed by atoms with Crippen molar-refractivity contribution in [2.24, 2.45) is 5.73 Å². The number of nitrogens with two attached hydrogens (primary N) is 1. The molecule has 0 saturated carbocycles. The Kier molecular flexibility index (Phi) is 3.99. The fourth-order valence-electron chi connectivity index (χ4n) is 0.649. The van der Waals surface area contributed by atoms with E-state index in [1.807, 2.05) is 11.5 Å². The van der Waals surface area contributed by atoms with Crippen LogP contribution in [0.1, 0.15) is 6.92 Å². The molecule has 1 heterocycles. The molecule has 0 fully saturated rings. The Morgan fingerprint density at radius 1 is 1.50 bits per heavy atom. The summed E-state index contributed by atoms with van der Waals surface area (Å²) in [6.07, 6.45) is 3.31. The maximum atomic E-state index is 5.51. The van der Waals surface area contributed by atoms with Gasteiger partial charge in [0.2, 0.25) is 0 Å². The summed E-state index contributed by atoms with van der Waals surface area (Å²) in [5, 5.41) is 7.27. The Labute approximate surface area is 65.8 Å². The van der Waals surface area contributed by atoms with Gasteiger partial charge in [-0.05, 0) is 6.92 Å². The van der Waals surface area contributed by atoms with Crippen LogP contribution in [0.2, 0.25) is 0 Å². The second-order valence-electron chi connectivity index (χ2n) is 2.14. The largest absolute Gasteiger partial charge is 0.326 e. The lowest BCUT2D eigenvalue weighted by Crippen LogP contribution is -2.21. The Hall–Kier alpha value is -0.610. The van der Waals surface area contributed by atoms with Gasteiger partial charge in [0, 0.05) is 12.6 Å². The topological polar surface area (TPSA) is 56.7 Å². The highest BCUT2D eigenvalue weighted by atomic mass is 35.5. The highest BCUT2D eigenvalue weighted by Crippen LogP contribution is 1.84. The number of rotatable bonds is 2. The number of hydrogen-bond acceptors (Lipinski definition) is 3. The first-order valence-electron chi connectivity index (χ1n) is 2.87. The van der Waals surface area contributed by atoms with Crippen LogP contribution in [0.25, 0.3) is 0 Å². The summed E-state index contributed by atoms with van der Waals surface area (Å²) in [5.41, 5.74) is 5.51. The number of halogens is 1. The van der Waals surface area contributed by atoms with Crippen LogP contribution in [-0.2, 0) is 6.54 Å². The van der Waals surface area contributed by atoms with E-state index in [0.29, 0.717) is 0 Å². The standard InChI is InChI=1S/C5H10N4.ClH/c1-5(6)2-9-3-7-8-4-9;/h3-5H,2,6H2,1H3;1H. The smallest absolute Gasteiger partial charge is 0.119 e. The van der Waals surface area contributed by atoms with Gasteiger partial charge in [0.25, 0.3) is 0 Å². The fourth-order valence-corrected chi connectivity index (χ4v) is 0.649. The second-order valence-corrected chi connectivity index (χ2v) is 2.14. The summed E-state index contributed by atoms with van der Waals surface area (Å²) >= 11 is 0. The minimum absolute atomic E-state index is 0. The van der Waals surface area contributed by atoms with Crippen LogP contribution in [0.15, 0.2) is 12.7 Å². The van der Waals surface area contributed by atoms with Gasteiger partial charge in [-0.3, -0.25) is 0 Å². The van der Waals surface area contributed by atoms with E-state index in [0.717, 1.165) is 6.54 Å². The molecule has 5 heteroatoms. The molecule has 0 aliphatic carbocycles. The highest BCUT2D eigenvalue weighted by molar-refractivity contribution is 5.85. The molecule has 0 spiro atoms. The molecule has 4 nitrogen and oxygen atoms in total. The van der Waals surface area contributed by atoms with Crippen LogP contribution < -0.4 is 5.73 Å². The van der Waals surface area contributed by atoms with Gasteiger partial charge in [0.1, 0.15) is 12.7 Å². The van der Waals surface area contributed by atoms with Crippen molar-refractivity contribution in [1.82, 2.24) is 14.8 Å². The predicted octanol–water partition coefficient (Wildman–Crippen LogP) is 0.0471. The van der Waals surface area contributed by atoms with Crippen molar-refractivity contribution in [3.8, 4) is 0 Å². The normalized spacial score (nSPS) is 12.2. The molecule has 1 unspecified atom stereocenters. The van der Waals surface area contributed by atoms with Crippen molar-refractivity contribution in [3.63, 3.8) is 0 Å². The van der Waals surface area contributed by atoms with Crippen LogP contribution in [0, 0.1) is 0 Å². The summed E-state index contributed by atoms with van der Waals surface area (Å²) in [4.78, 5) is 0. The molecule has 1 atom stereocenters. The molecule has 0 aliphatic heterocycles. The average molecular weight is 163 g/mol. The average Bonchev–Trinajstić information content (AvgIpc) is 2.15. The lowest BCUT2D eigenvalue weighted by Gasteiger charge is -2.02. The first-order valence-corrected chi connectivity index (χ1v) is 2.87. The molecule has 0 aromatic carbocycles. The molecule has 2 N–H and O–H groups in total. The van der Waals surface area contributed by atoms with Crippen molar-refractivity contribution in [2.45, 2.75) is 19.5 Å². The van der Waals surface area contributed by atoms with E-state index >= 15 is 0 Å². The van der Waals surface area contributed by atoms with Gasteiger partial charge in [0.15, 0.2) is 0 Å². The van der Waals surface area contributed by atoms with E-state index in [2.05, 4.69) is 10.2 Å². The first kappa shape index (κ1) is 9.39. The van der Waals surface area contributed by atoms with Crippen LogP contribution in [0.3, 0.4) is 0 Å². The third-order valence-corrected chi connectivity index (χ3v) is 0.965. The second kappa shape index (κ2) is 4.24. The van der Waals surface area contributed by atoms with E-state index in [9.17, 15) is 0 Å². The maximum Gasteiger partial charge on any atom is 0.119 e. The van der Waals surface area contributed by atoms with Crippen molar-refractivity contribution >= 4 is 12.4 Å². The summed E-state index contributed by atoms with van der Waals surface area (Å²) in [6, 6.07) is 0.168. The van der Waals surface area contributed by atoms with Gasteiger partial charge in [0.05, 0.1) is 0 Å². The Morgan fingerprint density at radius 3 is 2.40 bits per heavy atom. The molecule has 0 amide bonds. The molecule has 1 rings (SSSR count). The molecule has 10 heavy (non-hydrogen) atoms. The third-order valence-electron chi connectivity index (χ3n) is 0.965. The third kappa shape index (κ3) is 2.80. The van der Waals surface area contributed by atoms with Gasteiger partial charge in [-0.1, -0.05) is 0 Å². The molecule has 1 aromatic heterocycles. The van der Waals surface area contributed by atoms with Crippen LogP contribution >= 0.6 is 12.4 Å². The van der Waals surface area contributed by atoms with E-state index in [4.69, 9.17) is 5.73 Å². The molecule has 0 bridgehead atoms. The molecule has 58 valence electrons. The van der Waals surface area contributed by atoms with Crippen molar-refractivity contribution in [1.29, 1.82) is 0 Å². The molecule has 0 radical (unpaired) electrons. The van der Waals surface area contributed by atoms with Crippen LogP contribution in [0.5, 0.6) is 0 Å². The van der Waals surface area contributed by atoms with Crippen molar-refractivity contribution in [2.75, 3.05) is 0 Å². The van der Waals surface area contributed by atoms with Crippen LogP contribution in [-0.4, -0.2) is 20.8 Å². The molecular formula is C5H11ClN4. The van der Waals surface area contributed by atoms with Gasteiger partial charge in [-0.2, -0.15) is 0 Å². The van der Waals surface area contributed by atoms with Crippen molar-refractivity contribution < 1.29 is 0 Å². The quantitative estimate of drug-likeness (QED) is 0.669. The monoisotopic (exact) mass is 162 g/mol. The van der Waals surface area contributed by atoms with Gasteiger partial charge >= 0.3 is 0 Å². The Balaban J connectivity index is 0.000000810. The molecule has 0 saturated heterocycles. The zero-order valence-corrected chi connectivity index (χ0v) is 6.58. The SMILES string of the molecule is CC(N)Cn1cnnc1.Cl. The summed E-state index contributed by atoms with van der Waals surface area (Å²) < 4.78 is 1.85. The van der Waals surface area contributed by atoms with Crippen LogP contribution in [0.4, 0.5) is 0 Å². The van der Waals surface area contributed by atoms with Crippen molar-refractivity contribution in [3.05, 3.63) is 12.7 Å². The Morgan fingerprint density at radius 2 is 2.00 bits per heavy atom. The minimum Gasteiger partial charge on any atom is -0.326 e. The predicted molar refractivity (Wildman–Crippen MR) is 40.9 cm³/mol. The molecule has 1 aromatic rings. The van der Waals surface area contributed by atoms with Gasteiger partial charge in [-0.25, -0.2) is 0 Å².